The fourth-order valence-corrected chi connectivity index (χ4v) is 2.13. The van der Waals surface area contributed by atoms with E-state index < -0.39 is 5.97 Å². The smallest absolute Gasteiger partial charge is 0.342 e. The van der Waals surface area contributed by atoms with Gasteiger partial charge in [0.1, 0.15) is 11.3 Å². The van der Waals surface area contributed by atoms with E-state index in [0.29, 0.717) is 0 Å². The molecule has 1 unspecified atom stereocenters. The van der Waals surface area contributed by atoms with Crippen LogP contribution in [0.5, 0.6) is 5.75 Å². The molecule has 0 aromatic heterocycles. The molecule has 0 aliphatic carbocycles. The van der Waals surface area contributed by atoms with Crippen molar-refractivity contribution in [3.05, 3.63) is 29.8 Å². The van der Waals surface area contributed by atoms with Gasteiger partial charge in [-0.1, -0.05) is 38.8 Å². The van der Waals surface area contributed by atoms with Gasteiger partial charge in [0, 0.05) is 0 Å². The summed E-state index contributed by atoms with van der Waals surface area (Å²) < 4.78 is 10.6. The largest absolute Gasteiger partial charge is 0.459 e. The van der Waals surface area contributed by atoms with Gasteiger partial charge in [-0.05, 0) is 38.8 Å². The molecule has 4 nitrogen and oxygen atoms in total. The maximum absolute atomic E-state index is 12.3. The molecule has 4 heteroatoms. The van der Waals surface area contributed by atoms with Gasteiger partial charge in [-0.25, -0.2) is 4.79 Å². The Morgan fingerprint density at radius 1 is 1.14 bits per heavy atom. The molecule has 0 heterocycles. The molecule has 1 atom stereocenters. The number of carbonyl (C=O) groups excluding carboxylic acids is 2. The molecule has 0 spiro atoms. The predicted molar refractivity (Wildman–Crippen MR) is 85.9 cm³/mol. The zero-order valence-electron chi connectivity index (χ0n) is 13.9. The van der Waals surface area contributed by atoms with Gasteiger partial charge in [-0.3, -0.25) is 4.79 Å². The van der Waals surface area contributed by atoms with E-state index in [4.69, 9.17) is 9.47 Å². The second kappa shape index (κ2) is 9.23. The van der Waals surface area contributed by atoms with Crippen molar-refractivity contribution < 1.29 is 19.1 Å². The molecular weight excluding hydrogens is 280 g/mol. The number of ether oxygens (including phenoxy) is 2. The molecule has 0 aliphatic rings. The normalized spacial score (nSPS) is 12.0. The number of hydrogen-bond acceptors (Lipinski definition) is 4. The highest BCUT2D eigenvalue weighted by molar-refractivity contribution is 5.93. The SMILES string of the molecule is CCCCC(CC)C(=O)Oc1ccccc1C(=O)OC(C)C. The van der Waals surface area contributed by atoms with Crippen molar-refractivity contribution in [3.8, 4) is 5.75 Å². The summed E-state index contributed by atoms with van der Waals surface area (Å²) in [4.78, 5) is 24.3. The van der Waals surface area contributed by atoms with Crippen LogP contribution in [0.4, 0.5) is 0 Å². The Morgan fingerprint density at radius 2 is 1.82 bits per heavy atom. The minimum atomic E-state index is -0.472. The van der Waals surface area contributed by atoms with Crippen molar-refractivity contribution in [2.24, 2.45) is 5.92 Å². The molecule has 0 bridgehead atoms. The number of rotatable bonds is 8. The van der Waals surface area contributed by atoms with Gasteiger partial charge < -0.3 is 9.47 Å². The van der Waals surface area contributed by atoms with E-state index in [-0.39, 0.29) is 29.3 Å². The summed E-state index contributed by atoms with van der Waals surface area (Å²) >= 11 is 0. The molecule has 0 amide bonds. The van der Waals surface area contributed by atoms with E-state index >= 15 is 0 Å². The number of esters is 2. The summed E-state index contributed by atoms with van der Waals surface area (Å²) in [6.45, 7) is 7.63. The second-order valence-corrected chi connectivity index (χ2v) is 5.62. The molecule has 1 aromatic carbocycles. The Morgan fingerprint density at radius 3 is 2.41 bits per heavy atom. The van der Waals surface area contributed by atoms with Crippen molar-refractivity contribution in [2.45, 2.75) is 59.5 Å². The van der Waals surface area contributed by atoms with E-state index in [9.17, 15) is 9.59 Å². The Labute approximate surface area is 132 Å². The summed E-state index contributed by atoms with van der Waals surface area (Å²) in [5, 5.41) is 0. The standard InChI is InChI=1S/C18H26O4/c1-5-7-10-14(6-2)17(19)22-16-12-9-8-11-15(16)18(20)21-13(3)4/h8-9,11-14H,5-7,10H2,1-4H3. The van der Waals surface area contributed by atoms with Crippen molar-refractivity contribution in [1.29, 1.82) is 0 Å². The average Bonchev–Trinajstić information content (AvgIpc) is 2.47. The fourth-order valence-electron chi connectivity index (χ4n) is 2.13. The molecular formula is C18H26O4. The molecule has 0 saturated heterocycles. The van der Waals surface area contributed by atoms with Crippen molar-refractivity contribution in [2.75, 3.05) is 0 Å². The van der Waals surface area contributed by atoms with E-state index in [1.54, 1.807) is 38.1 Å². The Kier molecular flexibility index (Phi) is 7.64. The van der Waals surface area contributed by atoms with E-state index in [0.717, 1.165) is 25.7 Å². The van der Waals surface area contributed by atoms with Gasteiger partial charge in [-0.15, -0.1) is 0 Å². The number of benzene rings is 1. The predicted octanol–water partition coefficient (Wildman–Crippen LogP) is 4.37. The van der Waals surface area contributed by atoms with Crippen LogP contribution in [0.25, 0.3) is 0 Å². The van der Waals surface area contributed by atoms with Crippen LogP contribution in [0, 0.1) is 5.92 Å². The number of hydrogen-bond donors (Lipinski definition) is 0. The zero-order chi connectivity index (χ0) is 16.5. The molecule has 0 saturated carbocycles. The third kappa shape index (κ3) is 5.51. The van der Waals surface area contributed by atoms with E-state index in [1.807, 2.05) is 6.92 Å². The monoisotopic (exact) mass is 306 g/mol. The topological polar surface area (TPSA) is 52.6 Å². The lowest BCUT2D eigenvalue weighted by atomic mass is 10.00. The van der Waals surface area contributed by atoms with Gasteiger partial charge in [0.15, 0.2) is 0 Å². The Balaban J connectivity index is 2.84. The lowest BCUT2D eigenvalue weighted by molar-refractivity contribution is -0.139. The maximum Gasteiger partial charge on any atom is 0.342 e. The molecule has 22 heavy (non-hydrogen) atoms. The van der Waals surface area contributed by atoms with Crippen LogP contribution in [-0.4, -0.2) is 18.0 Å². The molecule has 1 aromatic rings. The maximum atomic E-state index is 12.3. The first-order valence-corrected chi connectivity index (χ1v) is 8.01. The molecule has 0 aliphatic heterocycles. The molecule has 0 fully saturated rings. The van der Waals surface area contributed by atoms with Crippen molar-refractivity contribution >= 4 is 11.9 Å². The summed E-state index contributed by atoms with van der Waals surface area (Å²) in [6.07, 6.45) is 3.36. The molecule has 122 valence electrons. The van der Waals surface area contributed by atoms with Crippen LogP contribution in [0.15, 0.2) is 24.3 Å². The minimum Gasteiger partial charge on any atom is -0.459 e. The van der Waals surface area contributed by atoms with Crippen LogP contribution in [0.2, 0.25) is 0 Å². The minimum absolute atomic E-state index is 0.130. The summed E-state index contributed by atoms with van der Waals surface area (Å²) in [5.41, 5.74) is 0.287. The van der Waals surface area contributed by atoms with Crippen molar-refractivity contribution in [3.63, 3.8) is 0 Å². The third-order valence-corrected chi connectivity index (χ3v) is 3.39. The first kappa shape index (κ1) is 18.2. The highest BCUT2D eigenvalue weighted by Crippen LogP contribution is 2.23. The van der Waals surface area contributed by atoms with Gasteiger partial charge in [-0.2, -0.15) is 0 Å². The Hall–Kier alpha value is -1.84. The summed E-state index contributed by atoms with van der Waals surface area (Å²) in [7, 11) is 0. The van der Waals surface area contributed by atoms with Gasteiger partial charge in [0.25, 0.3) is 0 Å². The second-order valence-electron chi connectivity index (χ2n) is 5.62. The van der Waals surface area contributed by atoms with E-state index in [2.05, 4.69) is 6.92 Å². The number of unbranched alkanes of at least 4 members (excludes halogenated alkanes) is 1. The van der Waals surface area contributed by atoms with E-state index in [1.165, 1.54) is 0 Å². The lowest BCUT2D eigenvalue weighted by Gasteiger charge is -2.15. The van der Waals surface area contributed by atoms with Crippen LogP contribution in [0.1, 0.15) is 63.7 Å². The quantitative estimate of drug-likeness (QED) is 0.528. The van der Waals surface area contributed by atoms with Crippen LogP contribution < -0.4 is 4.74 Å². The van der Waals surface area contributed by atoms with Gasteiger partial charge >= 0.3 is 11.9 Å². The zero-order valence-corrected chi connectivity index (χ0v) is 13.9. The highest BCUT2D eigenvalue weighted by atomic mass is 16.6. The van der Waals surface area contributed by atoms with Gasteiger partial charge in [0.05, 0.1) is 12.0 Å². The Bertz CT molecular complexity index is 494. The first-order chi connectivity index (χ1) is 10.5. The number of para-hydroxylation sites is 1. The van der Waals surface area contributed by atoms with Crippen LogP contribution in [0.3, 0.4) is 0 Å². The summed E-state index contributed by atoms with van der Waals surface area (Å²) in [5.74, 6) is -0.608. The number of carbonyl (C=O) groups is 2. The van der Waals surface area contributed by atoms with Crippen LogP contribution in [-0.2, 0) is 9.53 Å². The third-order valence-electron chi connectivity index (χ3n) is 3.39. The average molecular weight is 306 g/mol. The van der Waals surface area contributed by atoms with Gasteiger partial charge in [0.2, 0.25) is 0 Å². The first-order valence-electron chi connectivity index (χ1n) is 8.01. The van der Waals surface area contributed by atoms with Crippen molar-refractivity contribution in [1.82, 2.24) is 0 Å². The van der Waals surface area contributed by atoms with Crippen LogP contribution >= 0.6 is 0 Å². The summed E-state index contributed by atoms with van der Waals surface area (Å²) in [6, 6.07) is 6.70. The molecule has 0 N–H and O–H groups in total. The lowest BCUT2D eigenvalue weighted by Crippen LogP contribution is -2.21. The fraction of sp³-hybridized carbons (Fsp3) is 0.556. The highest BCUT2D eigenvalue weighted by Gasteiger charge is 2.22. The molecule has 0 radical (unpaired) electrons. The molecule has 1 rings (SSSR count).